The summed E-state index contributed by atoms with van der Waals surface area (Å²) in [6, 6.07) is 8.04. The van der Waals surface area contributed by atoms with Crippen LogP contribution in [0, 0.1) is 0 Å². The van der Waals surface area contributed by atoms with Crippen LogP contribution in [0.25, 0.3) is 0 Å². The Morgan fingerprint density at radius 3 is 2.90 bits per heavy atom. The molecule has 1 aliphatic rings. The fourth-order valence-electron chi connectivity index (χ4n) is 2.51. The largest absolute Gasteiger partial charge is 0.408 e. The van der Waals surface area contributed by atoms with Crippen LogP contribution in [-0.2, 0) is 13.0 Å². The Morgan fingerprint density at radius 1 is 1.29 bits per heavy atom. The smallest absolute Gasteiger partial charge is 0.211 e. The van der Waals surface area contributed by atoms with Crippen molar-refractivity contribution in [2.24, 2.45) is 0 Å². The molecule has 1 aromatic carbocycles. The van der Waals surface area contributed by atoms with E-state index in [0.29, 0.717) is 0 Å². The molecule has 1 aliphatic carbocycles. The molecule has 0 aliphatic heterocycles. The molecule has 0 radical (unpaired) electrons. The molecule has 2 aromatic rings. The van der Waals surface area contributed by atoms with Gasteiger partial charge in [-0.15, -0.1) is 5.10 Å². The van der Waals surface area contributed by atoms with E-state index in [1.54, 1.807) is 0 Å². The van der Waals surface area contributed by atoms with Crippen molar-refractivity contribution >= 4 is 11.8 Å². The van der Waals surface area contributed by atoms with E-state index in [-0.39, 0.29) is 10.4 Å². The summed E-state index contributed by atoms with van der Waals surface area (Å²) in [5.74, 6) is 0. The van der Waals surface area contributed by atoms with Gasteiger partial charge in [0.2, 0.25) is 5.16 Å². The Hall–Kier alpha value is -1.57. The molecule has 0 saturated carbocycles. The fourth-order valence-corrected chi connectivity index (χ4v) is 3.71. The summed E-state index contributed by atoms with van der Waals surface area (Å²) in [6.45, 7) is -1.16. The van der Waals surface area contributed by atoms with Crippen molar-refractivity contribution in [2.45, 2.75) is 42.4 Å². The van der Waals surface area contributed by atoms with Gasteiger partial charge in [-0.3, -0.25) is 0 Å². The SMILES string of the molecule is FC(F)(F)Cn1nnnc1S[C@H]1CCCc2ccccc21. The molecule has 0 spiro atoms. The lowest BCUT2D eigenvalue weighted by atomic mass is 9.91. The van der Waals surface area contributed by atoms with Crippen LogP contribution in [0.2, 0.25) is 0 Å². The Labute approximate surface area is 123 Å². The minimum Gasteiger partial charge on any atom is -0.211 e. The molecule has 1 aromatic heterocycles. The van der Waals surface area contributed by atoms with Gasteiger partial charge in [-0.1, -0.05) is 36.0 Å². The second kappa shape index (κ2) is 5.67. The van der Waals surface area contributed by atoms with Crippen molar-refractivity contribution in [1.82, 2.24) is 20.2 Å². The molecule has 0 unspecified atom stereocenters. The summed E-state index contributed by atoms with van der Waals surface area (Å²) < 4.78 is 38.3. The molecule has 0 N–H and O–H groups in total. The number of thioether (sulfide) groups is 1. The van der Waals surface area contributed by atoms with Crippen LogP contribution in [0.1, 0.15) is 29.2 Å². The molecular formula is C13H13F3N4S. The van der Waals surface area contributed by atoms with E-state index >= 15 is 0 Å². The summed E-state index contributed by atoms with van der Waals surface area (Å²) >= 11 is 1.31. The summed E-state index contributed by atoms with van der Waals surface area (Å²) in [5, 5.41) is 10.9. The Bertz CT molecular complexity index is 626. The second-order valence-corrected chi connectivity index (χ2v) is 6.10. The summed E-state index contributed by atoms with van der Waals surface area (Å²) in [4.78, 5) is 0. The third kappa shape index (κ3) is 3.37. The molecule has 8 heteroatoms. The van der Waals surface area contributed by atoms with Gasteiger partial charge in [0.1, 0.15) is 6.54 Å². The molecule has 1 atom stereocenters. The van der Waals surface area contributed by atoms with Gasteiger partial charge in [0, 0.05) is 5.25 Å². The number of rotatable bonds is 3. The van der Waals surface area contributed by atoms with Gasteiger partial charge in [0.15, 0.2) is 0 Å². The molecule has 4 nitrogen and oxygen atoms in total. The molecule has 1 heterocycles. The van der Waals surface area contributed by atoms with E-state index in [0.717, 1.165) is 23.9 Å². The van der Waals surface area contributed by atoms with Gasteiger partial charge < -0.3 is 0 Å². The number of aryl methyl sites for hydroxylation is 1. The average Bonchev–Trinajstić information content (AvgIpc) is 2.84. The van der Waals surface area contributed by atoms with Crippen LogP contribution in [0.15, 0.2) is 29.4 Å². The molecule has 0 amide bonds. The zero-order valence-corrected chi connectivity index (χ0v) is 11.9. The lowest BCUT2D eigenvalue weighted by Gasteiger charge is -2.24. The highest BCUT2D eigenvalue weighted by Gasteiger charge is 2.31. The Morgan fingerprint density at radius 2 is 2.10 bits per heavy atom. The maximum absolute atomic E-state index is 12.5. The standard InChI is InChI=1S/C13H13F3N4S/c14-13(15,16)8-20-12(17-18-19-20)21-11-7-3-5-9-4-1-2-6-10(9)11/h1-2,4,6,11H,3,5,7-8H2/t11-/m0/s1. The molecule has 0 fully saturated rings. The Kier molecular flexibility index (Phi) is 3.88. The lowest BCUT2D eigenvalue weighted by Crippen LogP contribution is -2.19. The second-order valence-electron chi connectivity index (χ2n) is 4.93. The first-order valence-electron chi connectivity index (χ1n) is 6.60. The predicted octanol–water partition coefficient (Wildman–Crippen LogP) is 3.41. The van der Waals surface area contributed by atoms with Crippen molar-refractivity contribution in [3.63, 3.8) is 0 Å². The zero-order valence-electron chi connectivity index (χ0n) is 11.0. The summed E-state index contributed by atoms with van der Waals surface area (Å²) in [7, 11) is 0. The lowest BCUT2D eigenvalue weighted by molar-refractivity contribution is -0.144. The maximum Gasteiger partial charge on any atom is 0.408 e. The number of alkyl halides is 3. The normalized spacial score (nSPS) is 18.5. The topological polar surface area (TPSA) is 43.6 Å². The Balaban J connectivity index is 1.81. The van der Waals surface area contributed by atoms with E-state index in [1.807, 2.05) is 18.2 Å². The predicted molar refractivity (Wildman–Crippen MR) is 71.9 cm³/mol. The van der Waals surface area contributed by atoms with Crippen molar-refractivity contribution in [2.75, 3.05) is 0 Å². The van der Waals surface area contributed by atoms with Gasteiger partial charge in [-0.25, -0.2) is 4.68 Å². The van der Waals surface area contributed by atoms with Crippen LogP contribution in [0.5, 0.6) is 0 Å². The molecule has 0 saturated heterocycles. The monoisotopic (exact) mass is 314 g/mol. The number of benzene rings is 1. The maximum atomic E-state index is 12.5. The number of hydrogen-bond acceptors (Lipinski definition) is 4. The van der Waals surface area contributed by atoms with Crippen LogP contribution in [-0.4, -0.2) is 26.4 Å². The van der Waals surface area contributed by atoms with Gasteiger partial charge in [-0.2, -0.15) is 13.2 Å². The molecule has 21 heavy (non-hydrogen) atoms. The number of halogens is 3. The molecule has 0 bridgehead atoms. The van der Waals surface area contributed by atoms with Crippen LogP contribution in [0.3, 0.4) is 0 Å². The minimum atomic E-state index is -4.32. The third-order valence-corrected chi connectivity index (χ3v) is 4.67. The van der Waals surface area contributed by atoms with Gasteiger partial charge in [-0.05, 0) is 40.8 Å². The van der Waals surface area contributed by atoms with Crippen molar-refractivity contribution < 1.29 is 13.2 Å². The highest BCUT2D eigenvalue weighted by atomic mass is 32.2. The van der Waals surface area contributed by atoms with Crippen LogP contribution in [0.4, 0.5) is 13.2 Å². The van der Waals surface area contributed by atoms with Crippen molar-refractivity contribution in [1.29, 1.82) is 0 Å². The number of aromatic nitrogens is 4. The van der Waals surface area contributed by atoms with Gasteiger partial charge in [0.05, 0.1) is 0 Å². The summed E-state index contributed by atoms with van der Waals surface area (Å²) in [5.41, 5.74) is 2.44. The molecule has 3 rings (SSSR count). The van der Waals surface area contributed by atoms with Gasteiger partial charge >= 0.3 is 6.18 Å². The first-order valence-corrected chi connectivity index (χ1v) is 7.48. The van der Waals surface area contributed by atoms with E-state index in [2.05, 4.69) is 21.6 Å². The quantitative estimate of drug-likeness (QED) is 0.871. The number of nitrogens with zero attached hydrogens (tertiary/aromatic N) is 4. The van der Waals surface area contributed by atoms with Gasteiger partial charge in [0.25, 0.3) is 0 Å². The third-order valence-electron chi connectivity index (χ3n) is 3.39. The van der Waals surface area contributed by atoms with Crippen LogP contribution >= 0.6 is 11.8 Å². The number of hydrogen-bond donors (Lipinski definition) is 0. The van der Waals surface area contributed by atoms with Crippen LogP contribution < -0.4 is 0 Å². The fraction of sp³-hybridized carbons (Fsp3) is 0.462. The van der Waals surface area contributed by atoms with E-state index < -0.39 is 12.7 Å². The molecule has 112 valence electrons. The first-order chi connectivity index (χ1) is 10.0. The van der Waals surface area contributed by atoms with Crippen molar-refractivity contribution in [3.8, 4) is 0 Å². The molecular weight excluding hydrogens is 301 g/mol. The van der Waals surface area contributed by atoms with E-state index in [4.69, 9.17) is 0 Å². The van der Waals surface area contributed by atoms with E-state index in [9.17, 15) is 13.2 Å². The average molecular weight is 314 g/mol. The number of fused-ring (bicyclic) bond motifs is 1. The zero-order chi connectivity index (χ0) is 14.9. The highest BCUT2D eigenvalue weighted by molar-refractivity contribution is 7.99. The summed E-state index contributed by atoms with van der Waals surface area (Å²) in [6.07, 6.45) is -1.37. The highest BCUT2D eigenvalue weighted by Crippen LogP contribution is 2.42. The van der Waals surface area contributed by atoms with E-state index in [1.165, 1.54) is 22.9 Å². The van der Waals surface area contributed by atoms with Crippen molar-refractivity contribution in [3.05, 3.63) is 35.4 Å². The number of tetrazole rings is 1. The minimum absolute atomic E-state index is 0.105. The first kappa shape index (κ1) is 14.4.